The number of hydrogen-bond donors (Lipinski definition) is 0. The summed E-state index contributed by atoms with van der Waals surface area (Å²) in [7, 11) is -3.57. The smallest absolute Gasteiger partial charge is 0.248 e. The normalized spacial score (nSPS) is 20.3. The van der Waals surface area contributed by atoms with Crippen LogP contribution in [0.5, 0.6) is 0 Å². The van der Waals surface area contributed by atoms with Gasteiger partial charge in [0, 0.05) is 38.6 Å². The lowest BCUT2D eigenvalue weighted by atomic mass is 9.85. The molecule has 144 valence electrons. The molecule has 2 saturated heterocycles. The number of hydrogen-bond acceptors (Lipinski definition) is 4. The van der Waals surface area contributed by atoms with Crippen LogP contribution in [0.4, 0.5) is 0 Å². The minimum absolute atomic E-state index is 0.0830. The van der Waals surface area contributed by atoms with E-state index in [1.54, 1.807) is 37.6 Å². The quantitative estimate of drug-likeness (QED) is 0.797. The van der Waals surface area contributed by atoms with Gasteiger partial charge in [-0.15, -0.1) is 0 Å². The standard InChI is InChI=1S/C19H24N4O3S/c1-16-5-2-3-6-17(16)27(25,26)23-12-7-19(8-13-23,22-14-9-20-15-22)18(24)21-10-4-11-21/h2-3,5-6,9,14-15H,4,7-8,10-13H2,1H3. The molecule has 0 atom stereocenters. The zero-order valence-corrected chi connectivity index (χ0v) is 16.2. The summed E-state index contributed by atoms with van der Waals surface area (Å²) < 4.78 is 29.6. The zero-order valence-electron chi connectivity index (χ0n) is 15.4. The first-order valence-electron chi connectivity index (χ1n) is 9.29. The van der Waals surface area contributed by atoms with Gasteiger partial charge in [-0.25, -0.2) is 13.4 Å². The summed E-state index contributed by atoms with van der Waals surface area (Å²) in [6, 6.07) is 7.03. The average Bonchev–Trinajstić information content (AvgIpc) is 3.15. The van der Waals surface area contributed by atoms with Crippen molar-refractivity contribution >= 4 is 15.9 Å². The zero-order chi connectivity index (χ0) is 19.1. The lowest BCUT2D eigenvalue weighted by Gasteiger charge is -2.45. The van der Waals surface area contributed by atoms with Crippen molar-refractivity contribution in [2.75, 3.05) is 26.2 Å². The number of carbonyl (C=O) groups excluding carboxylic acids is 1. The summed E-state index contributed by atoms with van der Waals surface area (Å²) in [6.45, 7) is 3.99. The average molecular weight is 388 g/mol. The monoisotopic (exact) mass is 388 g/mol. The van der Waals surface area contributed by atoms with Gasteiger partial charge < -0.3 is 9.47 Å². The number of rotatable bonds is 4. The van der Waals surface area contributed by atoms with Crippen molar-refractivity contribution in [3.63, 3.8) is 0 Å². The molecule has 0 radical (unpaired) electrons. The highest BCUT2D eigenvalue weighted by atomic mass is 32.2. The Morgan fingerprint density at radius 3 is 2.37 bits per heavy atom. The van der Waals surface area contributed by atoms with E-state index in [0.29, 0.717) is 30.8 Å². The molecule has 2 aliphatic rings. The number of nitrogens with zero attached hydrogens (tertiary/aromatic N) is 4. The molecule has 0 unspecified atom stereocenters. The molecule has 4 rings (SSSR count). The molecule has 27 heavy (non-hydrogen) atoms. The Hall–Kier alpha value is -2.19. The van der Waals surface area contributed by atoms with Crippen molar-refractivity contribution in [1.29, 1.82) is 0 Å². The largest absolute Gasteiger partial charge is 0.341 e. The third-order valence-electron chi connectivity index (χ3n) is 5.80. The van der Waals surface area contributed by atoms with Gasteiger partial charge in [-0.3, -0.25) is 4.79 Å². The minimum atomic E-state index is -3.57. The van der Waals surface area contributed by atoms with E-state index in [2.05, 4.69) is 4.98 Å². The van der Waals surface area contributed by atoms with Crippen molar-refractivity contribution in [2.45, 2.75) is 36.6 Å². The molecule has 2 fully saturated rings. The molecular formula is C19H24N4O3S. The molecule has 0 spiro atoms. The fourth-order valence-corrected chi connectivity index (χ4v) is 5.66. The van der Waals surface area contributed by atoms with Gasteiger partial charge in [0.2, 0.25) is 15.9 Å². The Bertz CT molecular complexity index is 928. The lowest BCUT2D eigenvalue weighted by Crippen LogP contribution is -2.59. The third-order valence-corrected chi connectivity index (χ3v) is 7.86. The SMILES string of the molecule is Cc1ccccc1S(=O)(=O)N1CCC(C(=O)N2CCC2)(n2ccnc2)CC1. The molecule has 3 heterocycles. The van der Waals surface area contributed by atoms with Crippen molar-refractivity contribution in [1.82, 2.24) is 18.8 Å². The maximum atomic E-state index is 13.2. The van der Waals surface area contributed by atoms with Gasteiger partial charge in [-0.05, 0) is 37.8 Å². The second-order valence-corrected chi connectivity index (χ2v) is 9.22. The van der Waals surface area contributed by atoms with Crippen molar-refractivity contribution in [3.05, 3.63) is 48.5 Å². The second kappa shape index (κ2) is 6.76. The van der Waals surface area contributed by atoms with Gasteiger partial charge in [0.25, 0.3) is 0 Å². The number of amides is 1. The maximum absolute atomic E-state index is 13.2. The van der Waals surface area contributed by atoms with E-state index >= 15 is 0 Å². The predicted molar refractivity (Wildman–Crippen MR) is 101 cm³/mol. The van der Waals surface area contributed by atoms with Gasteiger partial charge in [0.1, 0.15) is 5.54 Å². The minimum Gasteiger partial charge on any atom is -0.341 e. The molecule has 1 amide bonds. The molecule has 0 N–H and O–H groups in total. The van der Waals surface area contributed by atoms with Crippen LogP contribution in [0.25, 0.3) is 0 Å². The highest BCUT2D eigenvalue weighted by molar-refractivity contribution is 7.89. The molecule has 0 aliphatic carbocycles. The van der Waals surface area contributed by atoms with Gasteiger partial charge in [0.05, 0.1) is 11.2 Å². The van der Waals surface area contributed by atoms with Crippen molar-refractivity contribution in [2.24, 2.45) is 0 Å². The van der Waals surface area contributed by atoms with Crippen LogP contribution < -0.4 is 0 Å². The lowest BCUT2D eigenvalue weighted by molar-refractivity contribution is -0.146. The first kappa shape index (κ1) is 18.2. The van der Waals surface area contributed by atoms with Crippen molar-refractivity contribution < 1.29 is 13.2 Å². The molecule has 8 heteroatoms. The molecule has 2 aliphatic heterocycles. The molecule has 2 aromatic rings. The van der Waals surface area contributed by atoms with Gasteiger partial charge in [-0.2, -0.15) is 4.31 Å². The van der Waals surface area contributed by atoms with E-state index in [9.17, 15) is 13.2 Å². The fraction of sp³-hybridized carbons (Fsp3) is 0.474. The van der Waals surface area contributed by atoms with E-state index in [4.69, 9.17) is 0 Å². The molecule has 1 aromatic carbocycles. The van der Waals surface area contributed by atoms with Crippen LogP contribution in [-0.4, -0.2) is 59.3 Å². The number of aromatic nitrogens is 2. The maximum Gasteiger partial charge on any atom is 0.248 e. The van der Waals surface area contributed by atoms with E-state index in [-0.39, 0.29) is 5.91 Å². The topological polar surface area (TPSA) is 75.5 Å². The Labute approximate surface area is 159 Å². The highest BCUT2D eigenvalue weighted by Crippen LogP contribution is 2.35. The summed E-state index contributed by atoms with van der Waals surface area (Å²) in [4.78, 5) is 19.5. The van der Waals surface area contributed by atoms with Crippen LogP contribution in [0, 0.1) is 6.92 Å². The number of imidazole rings is 1. The Kier molecular flexibility index (Phi) is 4.55. The second-order valence-electron chi connectivity index (χ2n) is 7.32. The molecule has 0 saturated carbocycles. The van der Waals surface area contributed by atoms with Crippen LogP contribution in [0.2, 0.25) is 0 Å². The van der Waals surface area contributed by atoms with Crippen LogP contribution >= 0.6 is 0 Å². The molecule has 0 bridgehead atoms. The number of piperidine rings is 1. The summed E-state index contributed by atoms with van der Waals surface area (Å²) >= 11 is 0. The van der Waals surface area contributed by atoms with E-state index in [1.165, 1.54) is 4.31 Å². The van der Waals surface area contributed by atoms with Crippen LogP contribution in [-0.2, 0) is 20.4 Å². The summed E-state index contributed by atoms with van der Waals surface area (Å²) in [5, 5.41) is 0. The number of sulfonamides is 1. The van der Waals surface area contributed by atoms with Gasteiger partial charge >= 0.3 is 0 Å². The molecule has 7 nitrogen and oxygen atoms in total. The first-order chi connectivity index (χ1) is 12.9. The van der Waals surface area contributed by atoms with Crippen LogP contribution in [0.15, 0.2) is 47.9 Å². The van der Waals surface area contributed by atoms with E-state index in [0.717, 1.165) is 25.1 Å². The van der Waals surface area contributed by atoms with E-state index < -0.39 is 15.6 Å². The first-order valence-corrected chi connectivity index (χ1v) is 10.7. The molecule has 1 aromatic heterocycles. The fourth-order valence-electron chi connectivity index (χ4n) is 3.99. The third kappa shape index (κ3) is 2.96. The number of likely N-dealkylation sites (tertiary alicyclic amines) is 1. The summed E-state index contributed by atoms with van der Waals surface area (Å²) in [5.41, 5.74) is -0.00473. The van der Waals surface area contributed by atoms with Crippen LogP contribution in [0.3, 0.4) is 0 Å². The van der Waals surface area contributed by atoms with Gasteiger partial charge in [0.15, 0.2) is 0 Å². The Morgan fingerprint density at radius 1 is 1.11 bits per heavy atom. The number of carbonyl (C=O) groups is 1. The predicted octanol–water partition coefficient (Wildman–Crippen LogP) is 1.60. The Morgan fingerprint density at radius 2 is 1.81 bits per heavy atom. The van der Waals surface area contributed by atoms with Gasteiger partial charge in [-0.1, -0.05) is 18.2 Å². The highest BCUT2D eigenvalue weighted by Gasteiger charge is 2.48. The number of aryl methyl sites for hydroxylation is 1. The Balaban J connectivity index is 1.60. The number of benzene rings is 1. The summed E-state index contributed by atoms with van der Waals surface area (Å²) in [6.07, 6.45) is 7.07. The van der Waals surface area contributed by atoms with Crippen LogP contribution in [0.1, 0.15) is 24.8 Å². The van der Waals surface area contributed by atoms with Crippen molar-refractivity contribution in [3.8, 4) is 0 Å². The molecular weight excluding hydrogens is 364 g/mol. The summed E-state index contributed by atoms with van der Waals surface area (Å²) in [5.74, 6) is 0.0830. The van der Waals surface area contributed by atoms with E-state index in [1.807, 2.05) is 21.7 Å².